The van der Waals surface area contributed by atoms with Crippen LogP contribution in [0.4, 0.5) is 17.8 Å². The molecule has 1 heterocycles. The van der Waals surface area contributed by atoms with E-state index in [-0.39, 0.29) is 5.91 Å². The molecule has 0 atom stereocenters. The average molecular weight is 534 g/mol. The van der Waals surface area contributed by atoms with Crippen LogP contribution in [0.2, 0.25) is 0 Å². The van der Waals surface area contributed by atoms with E-state index in [1.807, 2.05) is 48.3 Å². The molecule has 208 valence electrons. The zero-order chi connectivity index (χ0) is 27.1. The molecule has 39 heavy (non-hydrogen) atoms. The molecule has 1 aliphatic carbocycles. The summed E-state index contributed by atoms with van der Waals surface area (Å²) in [7, 11) is 1.99. The van der Waals surface area contributed by atoms with E-state index in [1.165, 1.54) is 18.4 Å². The Morgan fingerprint density at radius 2 is 1.49 bits per heavy atom. The number of nitrogens with one attached hydrogen (secondary N) is 3. The second-order valence-corrected chi connectivity index (χ2v) is 9.52. The third-order valence-electron chi connectivity index (χ3n) is 6.39. The first kappa shape index (κ1) is 28.3. The minimum Gasteiger partial charge on any atom is -0.377 e. The zero-order valence-corrected chi connectivity index (χ0v) is 22.6. The van der Waals surface area contributed by atoms with Crippen molar-refractivity contribution in [2.24, 2.45) is 0 Å². The molecule has 2 aromatic carbocycles. The van der Waals surface area contributed by atoms with Gasteiger partial charge in [0.05, 0.1) is 26.4 Å². The summed E-state index contributed by atoms with van der Waals surface area (Å²) in [5.41, 5.74) is 1.83. The van der Waals surface area contributed by atoms with Crippen LogP contribution in [-0.4, -0.2) is 73.5 Å². The second-order valence-electron chi connectivity index (χ2n) is 9.52. The highest BCUT2D eigenvalue weighted by Crippen LogP contribution is 2.22. The predicted octanol–water partition coefficient (Wildman–Crippen LogP) is 3.74. The van der Waals surface area contributed by atoms with E-state index in [0.717, 1.165) is 12.8 Å². The van der Waals surface area contributed by atoms with Crippen molar-refractivity contribution in [3.05, 3.63) is 71.8 Å². The fourth-order valence-electron chi connectivity index (χ4n) is 4.35. The highest BCUT2D eigenvalue weighted by Gasteiger charge is 2.18. The summed E-state index contributed by atoms with van der Waals surface area (Å²) in [6.45, 7) is 3.55. The van der Waals surface area contributed by atoms with E-state index in [2.05, 4.69) is 38.1 Å². The second kappa shape index (κ2) is 15.6. The first-order chi connectivity index (χ1) is 19.2. The SMILES string of the molecule is CN(Cc1ccccc1)c1nc(NCCOCCOCCNC(=O)c2ccccc2)nc(NC2CCCC2)n1. The van der Waals surface area contributed by atoms with Crippen LogP contribution >= 0.6 is 0 Å². The van der Waals surface area contributed by atoms with E-state index in [0.29, 0.717) is 75.5 Å². The highest BCUT2D eigenvalue weighted by molar-refractivity contribution is 5.94. The van der Waals surface area contributed by atoms with Gasteiger partial charge in [0.25, 0.3) is 5.91 Å². The molecule has 1 amide bonds. The third kappa shape index (κ3) is 9.81. The number of amides is 1. The van der Waals surface area contributed by atoms with Gasteiger partial charge in [-0.1, -0.05) is 61.4 Å². The van der Waals surface area contributed by atoms with Crippen molar-refractivity contribution in [3.63, 3.8) is 0 Å². The van der Waals surface area contributed by atoms with E-state index in [4.69, 9.17) is 14.5 Å². The Balaban J connectivity index is 1.16. The van der Waals surface area contributed by atoms with Gasteiger partial charge in [0, 0.05) is 38.3 Å². The lowest BCUT2D eigenvalue weighted by atomic mass is 10.2. The maximum absolute atomic E-state index is 12.0. The van der Waals surface area contributed by atoms with Crippen LogP contribution in [0, 0.1) is 0 Å². The summed E-state index contributed by atoms with van der Waals surface area (Å²) in [4.78, 5) is 28.0. The number of carbonyl (C=O) groups excluding carboxylic acids is 1. The van der Waals surface area contributed by atoms with Gasteiger partial charge in [0.2, 0.25) is 17.8 Å². The molecule has 10 heteroatoms. The first-order valence-corrected chi connectivity index (χ1v) is 13.7. The summed E-state index contributed by atoms with van der Waals surface area (Å²) in [5.74, 6) is 1.64. The Kier molecular flexibility index (Phi) is 11.3. The van der Waals surface area contributed by atoms with Gasteiger partial charge < -0.3 is 30.3 Å². The van der Waals surface area contributed by atoms with Gasteiger partial charge in [0.15, 0.2) is 0 Å². The molecule has 0 saturated heterocycles. The lowest BCUT2D eigenvalue weighted by Crippen LogP contribution is -2.27. The van der Waals surface area contributed by atoms with E-state index in [1.54, 1.807) is 12.1 Å². The maximum atomic E-state index is 12.0. The Labute approximate surface area is 230 Å². The summed E-state index contributed by atoms with van der Waals surface area (Å²) >= 11 is 0. The molecule has 0 spiro atoms. The van der Waals surface area contributed by atoms with Gasteiger partial charge in [-0.2, -0.15) is 15.0 Å². The summed E-state index contributed by atoms with van der Waals surface area (Å²) in [6, 6.07) is 19.8. The maximum Gasteiger partial charge on any atom is 0.251 e. The molecular formula is C29H39N7O3. The van der Waals surface area contributed by atoms with Crippen molar-refractivity contribution >= 4 is 23.8 Å². The molecule has 4 rings (SSSR count). The molecule has 10 nitrogen and oxygen atoms in total. The van der Waals surface area contributed by atoms with Crippen LogP contribution in [0.25, 0.3) is 0 Å². The number of nitrogens with zero attached hydrogens (tertiary/aromatic N) is 4. The van der Waals surface area contributed by atoms with Crippen LogP contribution in [-0.2, 0) is 16.0 Å². The van der Waals surface area contributed by atoms with E-state index < -0.39 is 0 Å². The lowest BCUT2D eigenvalue weighted by molar-refractivity contribution is 0.0519. The standard InChI is InChI=1S/C29H39N7O3/c1-36(22-23-10-4-2-5-11-23)29-34-27(33-28(35-29)32-25-14-8-9-15-25)31-17-19-39-21-20-38-18-16-30-26(37)24-12-6-3-7-13-24/h2-7,10-13,25H,8-9,14-22H2,1H3,(H,30,37)(H2,31,32,33,34,35). The topological polar surface area (TPSA) is 114 Å². The molecule has 0 unspecified atom stereocenters. The number of anilines is 3. The van der Waals surface area contributed by atoms with Crippen LogP contribution < -0.4 is 20.9 Å². The van der Waals surface area contributed by atoms with Crippen LogP contribution in [0.1, 0.15) is 41.6 Å². The normalized spacial score (nSPS) is 13.3. The number of benzene rings is 2. The van der Waals surface area contributed by atoms with Crippen LogP contribution in [0.5, 0.6) is 0 Å². The Morgan fingerprint density at radius 3 is 2.21 bits per heavy atom. The molecule has 1 aliphatic rings. The summed E-state index contributed by atoms with van der Waals surface area (Å²) < 4.78 is 11.2. The molecule has 0 aliphatic heterocycles. The molecular weight excluding hydrogens is 494 g/mol. The van der Waals surface area contributed by atoms with E-state index in [9.17, 15) is 4.79 Å². The molecule has 1 aromatic heterocycles. The predicted molar refractivity (Wildman–Crippen MR) is 153 cm³/mol. The highest BCUT2D eigenvalue weighted by atomic mass is 16.5. The van der Waals surface area contributed by atoms with Crippen molar-refractivity contribution in [1.82, 2.24) is 20.3 Å². The van der Waals surface area contributed by atoms with Gasteiger partial charge in [-0.05, 0) is 30.5 Å². The number of carbonyl (C=O) groups is 1. The molecule has 3 aromatic rings. The Morgan fingerprint density at radius 1 is 0.846 bits per heavy atom. The van der Waals surface area contributed by atoms with E-state index >= 15 is 0 Å². The number of rotatable bonds is 16. The summed E-state index contributed by atoms with van der Waals surface area (Å²) in [5, 5.41) is 9.59. The van der Waals surface area contributed by atoms with Crippen LogP contribution in [0.15, 0.2) is 60.7 Å². The summed E-state index contributed by atoms with van der Waals surface area (Å²) in [6.07, 6.45) is 4.74. The quantitative estimate of drug-likeness (QED) is 0.237. The van der Waals surface area contributed by atoms with Crippen LogP contribution in [0.3, 0.4) is 0 Å². The van der Waals surface area contributed by atoms with Crippen molar-refractivity contribution in [3.8, 4) is 0 Å². The molecule has 1 fully saturated rings. The van der Waals surface area contributed by atoms with Gasteiger partial charge in [-0.25, -0.2) is 0 Å². The van der Waals surface area contributed by atoms with Gasteiger partial charge in [-0.15, -0.1) is 0 Å². The van der Waals surface area contributed by atoms with Gasteiger partial charge in [-0.3, -0.25) is 4.79 Å². The zero-order valence-electron chi connectivity index (χ0n) is 22.6. The lowest BCUT2D eigenvalue weighted by Gasteiger charge is -2.20. The van der Waals surface area contributed by atoms with Crippen molar-refractivity contribution in [2.45, 2.75) is 38.3 Å². The number of hydrogen-bond acceptors (Lipinski definition) is 9. The third-order valence-corrected chi connectivity index (χ3v) is 6.39. The first-order valence-electron chi connectivity index (χ1n) is 13.7. The van der Waals surface area contributed by atoms with Crippen molar-refractivity contribution in [2.75, 3.05) is 62.1 Å². The Hall–Kier alpha value is -3.76. The van der Waals surface area contributed by atoms with Gasteiger partial charge in [0.1, 0.15) is 0 Å². The number of aromatic nitrogens is 3. The molecule has 1 saturated carbocycles. The van der Waals surface area contributed by atoms with Crippen molar-refractivity contribution in [1.29, 1.82) is 0 Å². The fraction of sp³-hybridized carbons (Fsp3) is 0.448. The molecule has 3 N–H and O–H groups in total. The fourth-order valence-corrected chi connectivity index (χ4v) is 4.35. The minimum absolute atomic E-state index is 0.101. The average Bonchev–Trinajstić information content (AvgIpc) is 3.48. The Bertz CT molecular complexity index is 1130. The largest absolute Gasteiger partial charge is 0.377 e. The molecule has 0 bridgehead atoms. The molecule has 0 radical (unpaired) electrons. The number of ether oxygens (including phenoxy) is 2. The minimum atomic E-state index is -0.101. The number of hydrogen-bond donors (Lipinski definition) is 3. The van der Waals surface area contributed by atoms with Gasteiger partial charge >= 0.3 is 0 Å². The smallest absolute Gasteiger partial charge is 0.251 e. The monoisotopic (exact) mass is 533 g/mol. The van der Waals surface area contributed by atoms with Crippen molar-refractivity contribution < 1.29 is 14.3 Å².